The third-order valence-electron chi connectivity index (χ3n) is 4.02. The molecule has 3 heterocycles. The average Bonchev–Trinajstić information content (AvgIpc) is 3.11. The van der Waals surface area contributed by atoms with Crippen LogP contribution in [-0.2, 0) is 25.0 Å². The number of carbonyl (C=O) groups excluding carboxylic acids is 1. The van der Waals surface area contributed by atoms with Crippen molar-refractivity contribution in [2.75, 3.05) is 0 Å². The number of fused-ring (bicyclic) bond motifs is 1. The van der Waals surface area contributed by atoms with E-state index in [1.165, 1.54) is 0 Å². The van der Waals surface area contributed by atoms with Crippen LogP contribution in [0.4, 0.5) is 0 Å². The first-order chi connectivity index (χ1) is 10.4. The number of aromatic nitrogens is 3. The van der Waals surface area contributed by atoms with Gasteiger partial charge in [-0.25, -0.2) is 9.97 Å². The molecular formula is C17H22N4O. The van der Waals surface area contributed by atoms with Gasteiger partial charge in [0.05, 0.1) is 17.8 Å². The molecule has 0 fully saturated rings. The smallest absolute Gasteiger partial charge is 0.256 e. The van der Waals surface area contributed by atoms with Gasteiger partial charge in [-0.3, -0.25) is 4.79 Å². The second kappa shape index (κ2) is 5.23. The highest BCUT2D eigenvalue weighted by Crippen LogP contribution is 2.23. The standard InChI is InChI=1S/C17H22N4O/c1-5-15-18-8-13-9-20(11-14(13)19-15)16(22)12-6-7-21(10-12)17(2,3)4/h6-8,10H,5,9,11H2,1-4H3. The predicted octanol–water partition coefficient (Wildman–Crippen LogP) is 2.75. The molecule has 5 nitrogen and oxygen atoms in total. The lowest BCUT2D eigenvalue weighted by molar-refractivity contribution is 0.0750. The maximum Gasteiger partial charge on any atom is 0.256 e. The van der Waals surface area contributed by atoms with E-state index in [1.54, 1.807) is 0 Å². The van der Waals surface area contributed by atoms with Crippen LogP contribution in [0.2, 0.25) is 0 Å². The molecule has 2 aromatic heterocycles. The number of hydrogen-bond acceptors (Lipinski definition) is 3. The number of rotatable bonds is 2. The lowest BCUT2D eigenvalue weighted by atomic mass is 10.1. The Morgan fingerprint density at radius 2 is 2.09 bits per heavy atom. The summed E-state index contributed by atoms with van der Waals surface area (Å²) in [5, 5.41) is 0. The van der Waals surface area contributed by atoms with Gasteiger partial charge in [-0.15, -0.1) is 0 Å². The first-order valence-corrected chi connectivity index (χ1v) is 7.70. The summed E-state index contributed by atoms with van der Waals surface area (Å²) < 4.78 is 2.07. The third-order valence-corrected chi connectivity index (χ3v) is 4.02. The third kappa shape index (κ3) is 2.63. The molecule has 2 aromatic rings. The van der Waals surface area contributed by atoms with Gasteiger partial charge in [0.15, 0.2) is 0 Å². The fraction of sp³-hybridized carbons (Fsp3) is 0.471. The molecule has 5 heteroatoms. The van der Waals surface area contributed by atoms with Gasteiger partial charge in [-0.2, -0.15) is 0 Å². The van der Waals surface area contributed by atoms with Crippen LogP contribution >= 0.6 is 0 Å². The van der Waals surface area contributed by atoms with E-state index in [1.807, 2.05) is 36.5 Å². The Hall–Kier alpha value is -2.17. The van der Waals surface area contributed by atoms with Crippen molar-refractivity contribution in [2.24, 2.45) is 0 Å². The van der Waals surface area contributed by atoms with Crippen molar-refractivity contribution < 1.29 is 4.79 Å². The van der Waals surface area contributed by atoms with Gasteiger partial charge in [0.25, 0.3) is 5.91 Å². The van der Waals surface area contributed by atoms with E-state index in [4.69, 9.17) is 0 Å². The Bertz CT molecular complexity index is 712. The molecule has 0 aromatic carbocycles. The van der Waals surface area contributed by atoms with E-state index in [9.17, 15) is 4.79 Å². The minimum Gasteiger partial charge on any atom is -0.348 e. The van der Waals surface area contributed by atoms with Crippen LogP contribution in [0.3, 0.4) is 0 Å². The van der Waals surface area contributed by atoms with Crippen LogP contribution in [-0.4, -0.2) is 25.3 Å². The maximum atomic E-state index is 12.7. The molecule has 0 aliphatic carbocycles. The normalized spacial score (nSPS) is 14.3. The average molecular weight is 298 g/mol. The topological polar surface area (TPSA) is 51.0 Å². The number of amides is 1. The summed E-state index contributed by atoms with van der Waals surface area (Å²) in [5.74, 6) is 0.894. The van der Waals surface area contributed by atoms with Gasteiger partial charge in [0.2, 0.25) is 0 Å². The second-order valence-corrected chi connectivity index (χ2v) is 6.75. The van der Waals surface area contributed by atoms with Gasteiger partial charge in [-0.05, 0) is 26.8 Å². The lowest BCUT2D eigenvalue weighted by Gasteiger charge is -2.21. The summed E-state index contributed by atoms with van der Waals surface area (Å²) in [6, 6.07) is 1.89. The van der Waals surface area contributed by atoms with Crippen molar-refractivity contribution >= 4 is 5.91 Å². The van der Waals surface area contributed by atoms with Crippen molar-refractivity contribution in [3.63, 3.8) is 0 Å². The molecule has 0 radical (unpaired) electrons. The number of nitrogens with zero attached hydrogens (tertiary/aromatic N) is 4. The van der Waals surface area contributed by atoms with Gasteiger partial charge in [-0.1, -0.05) is 6.92 Å². The molecular weight excluding hydrogens is 276 g/mol. The van der Waals surface area contributed by atoms with E-state index in [-0.39, 0.29) is 11.4 Å². The molecule has 116 valence electrons. The lowest BCUT2D eigenvalue weighted by Crippen LogP contribution is -2.25. The highest BCUT2D eigenvalue weighted by atomic mass is 16.2. The van der Waals surface area contributed by atoms with Crippen molar-refractivity contribution in [3.8, 4) is 0 Å². The van der Waals surface area contributed by atoms with Gasteiger partial charge >= 0.3 is 0 Å². The van der Waals surface area contributed by atoms with Crippen LogP contribution in [0.5, 0.6) is 0 Å². The van der Waals surface area contributed by atoms with Gasteiger partial charge in [0, 0.05) is 42.7 Å². The van der Waals surface area contributed by atoms with Crippen molar-refractivity contribution in [1.29, 1.82) is 0 Å². The first-order valence-electron chi connectivity index (χ1n) is 7.70. The van der Waals surface area contributed by atoms with Gasteiger partial charge in [0.1, 0.15) is 5.82 Å². The highest BCUT2D eigenvalue weighted by molar-refractivity contribution is 5.94. The SMILES string of the molecule is CCc1ncc2c(n1)CN(C(=O)c1ccn(C(C)(C)C)c1)C2. The molecule has 3 rings (SSSR count). The number of aryl methyl sites for hydroxylation is 1. The Labute approximate surface area is 131 Å². The maximum absolute atomic E-state index is 12.7. The monoisotopic (exact) mass is 298 g/mol. The van der Waals surface area contributed by atoms with E-state index in [0.29, 0.717) is 13.1 Å². The van der Waals surface area contributed by atoms with Crippen molar-refractivity contribution in [3.05, 3.63) is 47.3 Å². The zero-order chi connectivity index (χ0) is 15.9. The highest BCUT2D eigenvalue weighted by Gasteiger charge is 2.27. The van der Waals surface area contributed by atoms with Crippen LogP contribution in [0, 0.1) is 0 Å². The molecule has 1 amide bonds. The summed E-state index contributed by atoms with van der Waals surface area (Å²) >= 11 is 0. The summed E-state index contributed by atoms with van der Waals surface area (Å²) in [6.07, 6.45) is 6.56. The molecule has 22 heavy (non-hydrogen) atoms. The van der Waals surface area contributed by atoms with Crippen LogP contribution in [0.25, 0.3) is 0 Å². The largest absolute Gasteiger partial charge is 0.348 e. The molecule has 0 atom stereocenters. The number of carbonyl (C=O) groups is 1. The molecule has 0 unspecified atom stereocenters. The zero-order valence-electron chi connectivity index (χ0n) is 13.6. The molecule has 0 saturated heterocycles. The summed E-state index contributed by atoms with van der Waals surface area (Å²) in [7, 11) is 0. The molecule has 1 aliphatic rings. The van der Waals surface area contributed by atoms with Crippen molar-refractivity contribution in [2.45, 2.75) is 52.7 Å². The number of hydrogen-bond donors (Lipinski definition) is 0. The zero-order valence-corrected chi connectivity index (χ0v) is 13.6. The quantitative estimate of drug-likeness (QED) is 0.856. The Morgan fingerprint density at radius 1 is 1.32 bits per heavy atom. The van der Waals surface area contributed by atoms with Crippen LogP contribution in [0.1, 0.15) is 55.1 Å². The molecule has 0 saturated carbocycles. The van der Waals surface area contributed by atoms with Crippen molar-refractivity contribution in [1.82, 2.24) is 19.4 Å². The molecule has 1 aliphatic heterocycles. The van der Waals surface area contributed by atoms with Crippen LogP contribution < -0.4 is 0 Å². The Kier molecular flexibility index (Phi) is 3.51. The Morgan fingerprint density at radius 3 is 2.73 bits per heavy atom. The molecule has 0 bridgehead atoms. The van der Waals surface area contributed by atoms with E-state index >= 15 is 0 Å². The second-order valence-electron chi connectivity index (χ2n) is 6.75. The van der Waals surface area contributed by atoms with E-state index in [2.05, 4.69) is 35.3 Å². The summed E-state index contributed by atoms with van der Waals surface area (Å²) in [6.45, 7) is 9.57. The summed E-state index contributed by atoms with van der Waals surface area (Å²) in [5.41, 5.74) is 2.75. The fourth-order valence-electron chi connectivity index (χ4n) is 2.63. The van der Waals surface area contributed by atoms with Gasteiger partial charge < -0.3 is 9.47 Å². The van der Waals surface area contributed by atoms with E-state index in [0.717, 1.165) is 29.1 Å². The summed E-state index contributed by atoms with van der Waals surface area (Å²) in [4.78, 5) is 23.4. The van der Waals surface area contributed by atoms with E-state index < -0.39 is 0 Å². The fourth-order valence-corrected chi connectivity index (χ4v) is 2.63. The molecule has 0 spiro atoms. The minimum absolute atomic E-state index is 0.0198. The molecule has 0 N–H and O–H groups in total. The Balaban J connectivity index is 1.79. The van der Waals surface area contributed by atoms with Crippen LogP contribution in [0.15, 0.2) is 24.7 Å². The predicted molar refractivity (Wildman–Crippen MR) is 84.4 cm³/mol. The minimum atomic E-state index is -0.0198. The first kappa shape index (κ1) is 14.8.